The quantitative estimate of drug-likeness (QED) is 0.874. The Morgan fingerprint density at radius 2 is 1.71 bits per heavy atom. The first-order valence-corrected chi connectivity index (χ1v) is 9.49. The molecule has 1 saturated carbocycles. The van der Waals surface area contributed by atoms with Crippen molar-refractivity contribution in [2.24, 2.45) is 5.92 Å². The Hall–Kier alpha value is -0.910. The lowest BCUT2D eigenvalue weighted by atomic mass is 10.1. The molecule has 1 saturated heterocycles. The maximum atomic E-state index is 12.4. The standard InChI is InChI=1S/C16H24N2O2S/c19-21(20,13-15-4-2-1-3-5-15)18-10-8-16(9-11-18)17-12-14-6-7-14/h1-5,14,16-17H,6-13H2. The van der Waals surface area contributed by atoms with Crippen molar-refractivity contribution in [2.75, 3.05) is 19.6 Å². The van der Waals surface area contributed by atoms with E-state index in [9.17, 15) is 8.42 Å². The minimum absolute atomic E-state index is 0.119. The Labute approximate surface area is 127 Å². The molecule has 2 fully saturated rings. The van der Waals surface area contributed by atoms with Gasteiger partial charge >= 0.3 is 0 Å². The highest BCUT2D eigenvalue weighted by Gasteiger charge is 2.29. The predicted molar refractivity (Wildman–Crippen MR) is 84.4 cm³/mol. The van der Waals surface area contributed by atoms with Gasteiger partial charge in [0.2, 0.25) is 10.0 Å². The summed E-state index contributed by atoms with van der Waals surface area (Å²) >= 11 is 0. The molecule has 5 heteroatoms. The van der Waals surface area contributed by atoms with Gasteiger partial charge in [-0.05, 0) is 43.7 Å². The lowest BCUT2D eigenvalue weighted by Crippen LogP contribution is -2.45. The topological polar surface area (TPSA) is 49.4 Å². The fraction of sp³-hybridized carbons (Fsp3) is 0.625. The van der Waals surface area contributed by atoms with Crippen LogP contribution in [-0.2, 0) is 15.8 Å². The highest BCUT2D eigenvalue weighted by Crippen LogP contribution is 2.28. The zero-order valence-corrected chi connectivity index (χ0v) is 13.2. The van der Waals surface area contributed by atoms with Crippen LogP contribution < -0.4 is 5.32 Å². The summed E-state index contributed by atoms with van der Waals surface area (Å²) in [5.41, 5.74) is 0.867. The molecule has 1 aliphatic carbocycles. The second-order valence-corrected chi connectivity index (χ2v) is 8.24. The van der Waals surface area contributed by atoms with E-state index >= 15 is 0 Å². The van der Waals surface area contributed by atoms with Crippen LogP contribution in [-0.4, -0.2) is 38.4 Å². The van der Waals surface area contributed by atoms with Gasteiger partial charge in [0.1, 0.15) is 0 Å². The van der Waals surface area contributed by atoms with Crippen molar-refractivity contribution in [3.63, 3.8) is 0 Å². The number of piperidine rings is 1. The molecule has 21 heavy (non-hydrogen) atoms. The molecule has 1 heterocycles. The molecular weight excluding hydrogens is 284 g/mol. The Kier molecular flexibility index (Phi) is 4.62. The largest absolute Gasteiger partial charge is 0.314 e. The van der Waals surface area contributed by atoms with Crippen molar-refractivity contribution in [2.45, 2.75) is 37.5 Å². The molecular formula is C16H24N2O2S. The third-order valence-corrected chi connectivity index (χ3v) is 6.28. The predicted octanol–water partition coefficient (Wildman–Crippen LogP) is 1.98. The van der Waals surface area contributed by atoms with E-state index in [0.29, 0.717) is 19.1 Å². The number of sulfonamides is 1. The van der Waals surface area contributed by atoms with Gasteiger partial charge in [0.25, 0.3) is 0 Å². The number of benzene rings is 1. The lowest BCUT2D eigenvalue weighted by Gasteiger charge is -2.31. The molecule has 0 radical (unpaired) electrons. The van der Waals surface area contributed by atoms with Gasteiger partial charge in [-0.15, -0.1) is 0 Å². The van der Waals surface area contributed by atoms with Gasteiger partial charge in [-0.25, -0.2) is 12.7 Å². The van der Waals surface area contributed by atoms with Gasteiger partial charge in [0, 0.05) is 19.1 Å². The van der Waals surface area contributed by atoms with E-state index in [0.717, 1.165) is 30.9 Å². The molecule has 0 unspecified atom stereocenters. The average molecular weight is 308 g/mol. The fourth-order valence-corrected chi connectivity index (χ4v) is 4.43. The van der Waals surface area contributed by atoms with E-state index in [2.05, 4.69) is 5.32 Å². The Bertz CT molecular complexity index is 547. The van der Waals surface area contributed by atoms with Crippen LogP contribution in [0.1, 0.15) is 31.2 Å². The van der Waals surface area contributed by atoms with Crippen molar-refractivity contribution >= 4 is 10.0 Å². The normalized spacial score (nSPS) is 21.5. The van der Waals surface area contributed by atoms with Crippen LogP contribution in [0.5, 0.6) is 0 Å². The second kappa shape index (κ2) is 6.46. The minimum Gasteiger partial charge on any atom is -0.314 e. The average Bonchev–Trinajstić information content (AvgIpc) is 3.30. The van der Waals surface area contributed by atoms with Crippen molar-refractivity contribution < 1.29 is 8.42 Å². The zero-order chi connectivity index (χ0) is 14.7. The highest BCUT2D eigenvalue weighted by atomic mass is 32.2. The Balaban J connectivity index is 1.50. The number of nitrogens with zero attached hydrogens (tertiary/aromatic N) is 1. The van der Waals surface area contributed by atoms with E-state index in [4.69, 9.17) is 0 Å². The first-order valence-electron chi connectivity index (χ1n) is 7.88. The highest BCUT2D eigenvalue weighted by molar-refractivity contribution is 7.88. The first kappa shape index (κ1) is 15.0. The van der Waals surface area contributed by atoms with Crippen LogP contribution in [0.15, 0.2) is 30.3 Å². The summed E-state index contributed by atoms with van der Waals surface area (Å²) in [4.78, 5) is 0. The third kappa shape index (κ3) is 4.28. The van der Waals surface area contributed by atoms with Crippen molar-refractivity contribution in [3.05, 3.63) is 35.9 Å². The van der Waals surface area contributed by atoms with Crippen LogP contribution in [0.25, 0.3) is 0 Å². The molecule has 2 aliphatic rings. The first-order chi connectivity index (χ1) is 10.1. The molecule has 1 aliphatic heterocycles. The van der Waals surface area contributed by atoms with Crippen LogP contribution in [0.4, 0.5) is 0 Å². The SMILES string of the molecule is O=S(=O)(Cc1ccccc1)N1CCC(NCC2CC2)CC1. The van der Waals surface area contributed by atoms with Crippen molar-refractivity contribution in [1.82, 2.24) is 9.62 Å². The number of rotatable bonds is 6. The molecule has 0 bridgehead atoms. The van der Waals surface area contributed by atoms with Gasteiger partial charge in [0.15, 0.2) is 0 Å². The van der Waals surface area contributed by atoms with Crippen LogP contribution in [0.3, 0.4) is 0 Å². The fourth-order valence-electron chi connectivity index (χ4n) is 2.87. The van der Waals surface area contributed by atoms with Gasteiger partial charge in [-0.2, -0.15) is 0 Å². The summed E-state index contributed by atoms with van der Waals surface area (Å²) < 4.78 is 26.5. The molecule has 0 aromatic heterocycles. The van der Waals surface area contributed by atoms with E-state index in [1.807, 2.05) is 30.3 Å². The van der Waals surface area contributed by atoms with Crippen LogP contribution in [0.2, 0.25) is 0 Å². The molecule has 1 N–H and O–H groups in total. The summed E-state index contributed by atoms with van der Waals surface area (Å²) in [7, 11) is -3.17. The van der Waals surface area contributed by atoms with Crippen LogP contribution >= 0.6 is 0 Å². The number of nitrogens with one attached hydrogen (secondary N) is 1. The molecule has 0 atom stereocenters. The smallest absolute Gasteiger partial charge is 0.218 e. The summed E-state index contributed by atoms with van der Waals surface area (Å²) in [6.07, 6.45) is 4.58. The lowest BCUT2D eigenvalue weighted by molar-refractivity contribution is 0.287. The van der Waals surface area contributed by atoms with E-state index in [1.54, 1.807) is 4.31 Å². The maximum Gasteiger partial charge on any atom is 0.218 e. The molecule has 0 spiro atoms. The van der Waals surface area contributed by atoms with E-state index in [-0.39, 0.29) is 5.75 Å². The maximum absolute atomic E-state index is 12.4. The Morgan fingerprint density at radius 3 is 2.33 bits per heavy atom. The summed E-state index contributed by atoms with van der Waals surface area (Å²) in [5.74, 6) is 0.999. The molecule has 0 amide bonds. The molecule has 1 aromatic rings. The van der Waals surface area contributed by atoms with Crippen molar-refractivity contribution in [1.29, 1.82) is 0 Å². The summed E-state index contributed by atoms with van der Waals surface area (Å²) in [6, 6.07) is 9.93. The van der Waals surface area contributed by atoms with Gasteiger partial charge < -0.3 is 5.32 Å². The molecule has 116 valence electrons. The van der Waals surface area contributed by atoms with Gasteiger partial charge in [-0.1, -0.05) is 30.3 Å². The van der Waals surface area contributed by atoms with E-state index in [1.165, 1.54) is 12.8 Å². The molecule has 1 aromatic carbocycles. The minimum atomic E-state index is -3.17. The molecule has 4 nitrogen and oxygen atoms in total. The monoisotopic (exact) mass is 308 g/mol. The molecule has 3 rings (SSSR count). The number of hydrogen-bond donors (Lipinski definition) is 1. The van der Waals surface area contributed by atoms with Gasteiger partial charge in [0.05, 0.1) is 5.75 Å². The third-order valence-electron chi connectivity index (χ3n) is 4.43. The van der Waals surface area contributed by atoms with Crippen molar-refractivity contribution in [3.8, 4) is 0 Å². The van der Waals surface area contributed by atoms with E-state index < -0.39 is 10.0 Å². The Morgan fingerprint density at radius 1 is 1.05 bits per heavy atom. The van der Waals surface area contributed by atoms with Crippen LogP contribution in [0, 0.1) is 5.92 Å². The van der Waals surface area contributed by atoms with Gasteiger partial charge in [-0.3, -0.25) is 0 Å². The summed E-state index contributed by atoms with van der Waals surface area (Å²) in [5, 5.41) is 3.58. The summed E-state index contributed by atoms with van der Waals surface area (Å²) in [6.45, 7) is 2.41. The second-order valence-electron chi connectivity index (χ2n) is 6.27. The zero-order valence-electron chi connectivity index (χ0n) is 12.4. The number of hydrogen-bond acceptors (Lipinski definition) is 3.